The van der Waals surface area contributed by atoms with Crippen molar-refractivity contribution in [3.63, 3.8) is 0 Å². The van der Waals surface area contributed by atoms with Crippen molar-refractivity contribution in [2.45, 2.75) is 97.8 Å². The van der Waals surface area contributed by atoms with Crippen LogP contribution >= 0.6 is 0 Å². The van der Waals surface area contributed by atoms with Crippen LogP contribution in [0.2, 0.25) is 0 Å². The van der Waals surface area contributed by atoms with E-state index in [1.54, 1.807) is 12.1 Å². The maximum absolute atomic E-state index is 14.8. The summed E-state index contributed by atoms with van der Waals surface area (Å²) in [7, 11) is 0. The predicted octanol–water partition coefficient (Wildman–Crippen LogP) is 5.60. The van der Waals surface area contributed by atoms with Gasteiger partial charge in [0.2, 0.25) is 0 Å². The van der Waals surface area contributed by atoms with Crippen LogP contribution in [-0.4, -0.2) is 47.1 Å². The lowest BCUT2D eigenvalue weighted by molar-refractivity contribution is 0.142. The van der Waals surface area contributed by atoms with Crippen molar-refractivity contribution < 1.29 is 4.39 Å². The van der Waals surface area contributed by atoms with Gasteiger partial charge in [0.25, 0.3) is 0 Å². The lowest BCUT2D eigenvalue weighted by Gasteiger charge is -2.37. The van der Waals surface area contributed by atoms with E-state index in [4.69, 9.17) is 0 Å². The molecular weight excluding hydrogens is 349 g/mol. The summed E-state index contributed by atoms with van der Waals surface area (Å²) >= 11 is 0. The molecule has 1 rings (SSSR count). The SMILES string of the molecule is CC(C)N(CCC(C#N)(CCN(C(C)C)C(C)C)c1ccccc1F)C(C)C. The van der Waals surface area contributed by atoms with Gasteiger partial charge in [-0.2, -0.15) is 5.26 Å². The molecule has 0 bridgehead atoms. The van der Waals surface area contributed by atoms with Crippen LogP contribution in [0.1, 0.15) is 73.8 Å². The number of benzene rings is 1. The average Bonchev–Trinajstić information content (AvgIpc) is 2.59. The van der Waals surface area contributed by atoms with Crippen molar-refractivity contribution >= 4 is 0 Å². The fourth-order valence-corrected chi connectivity index (χ4v) is 4.28. The van der Waals surface area contributed by atoms with E-state index in [0.717, 1.165) is 13.1 Å². The second-order valence-electron chi connectivity index (χ2n) is 9.02. The van der Waals surface area contributed by atoms with Crippen molar-refractivity contribution in [3.8, 4) is 6.07 Å². The predicted molar refractivity (Wildman–Crippen MR) is 117 cm³/mol. The second-order valence-corrected chi connectivity index (χ2v) is 9.02. The van der Waals surface area contributed by atoms with Gasteiger partial charge in [-0.25, -0.2) is 4.39 Å². The van der Waals surface area contributed by atoms with Crippen molar-refractivity contribution in [1.82, 2.24) is 9.80 Å². The van der Waals surface area contributed by atoms with Gasteiger partial charge in [0.15, 0.2) is 0 Å². The van der Waals surface area contributed by atoms with E-state index in [2.05, 4.69) is 71.3 Å². The molecular formula is C24H40FN3. The molecule has 0 spiro atoms. The van der Waals surface area contributed by atoms with E-state index in [-0.39, 0.29) is 5.82 Å². The van der Waals surface area contributed by atoms with E-state index >= 15 is 0 Å². The molecule has 0 radical (unpaired) electrons. The Morgan fingerprint density at radius 2 is 1.21 bits per heavy atom. The zero-order valence-corrected chi connectivity index (χ0v) is 19.2. The highest BCUT2D eigenvalue weighted by Gasteiger charge is 2.36. The van der Waals surface area contributed by atoms with Crippen molar-refractivity contribution in [1.29, 1.82) is 5.26 Å². The summed E-state index contributed by atoms with van der Waals surface area (Å²) in [6, 6.07) is 10.9. The molecule has 0 saturated heterocycles. The minimum atomic E-state index is -0.824. The molecule has 28 heavy (non-hydrogen) atoms. The van der Waals surface area contributed by atoms with Crippen LogP contribution in [0.25, 0.3) is 0 Å². The number of halogens is 1. The molecule has 0 atom stereocenters. The molecule has 0 aliphatic heterocycles. The van der Waals surface area contributed by atoms with Gasteiger partial charge < -0.3 is 0 Å². The highest BCUT2D eigenvalue weighted by molar-refractivity contribution is 5.34. The summed E-state index contributed by atoms with van der Waals surface area (Å²) in [5.74, 6) is -0.273. The third-order valence-electron chi connectivity index (χ3n) is 5.85. The van der Waals surface area contributed by atoms with Gasteiger partial charge in [-0.1, -0.05) is 18.2 Å². The van der Waals surface area contributed by atoms with Gasteiger partial charge >= 0.3 is 0 Å². The smallest absolute Gasteiger partial charge is 0.128 e. The van der Waals surface area contributed by atoms with Crippen LogP contribution in [0.3, 0.4) is 0 Å². The maximum atomic E-state index is 14.8. The molecule has 3 nitrogen and oxygen atoms in total. The molecule has 0 fully saturated rings. The van der Waals surface area contributed by atoms with Gasteiger partial charge in [0.1, 0.15) is 5.82 Å². The zero-order chi connectivity index (χ0) is 21.5. The fraction of sp³-hybridized carbons (Fsp3) is 0.708. The zero-order valence-electron chi connectivity index (χ0n) is 19.2. The molecule has 1 aromatic rings. The van der Waals surface area contributed by atoms with Gasteiger partial charge in [-0.05, 0) is 74.3 Å². The minimum Gasteiger partial charge on any atom is -0.298 e. The summed E-state index contributed by atoms with van der Waals surface area (Å²) in [5, 5.41) is 10.3. The summed E-state index contributed by atoms with van der Waals surface area (Å²) in [6.07, 6.45) is 1.26. The van der Waals surface area contributed by atoms with E-state index in [0.29, 0.717) is 42.6 Å². The van der Waals surface area contributed by atoms with Crippen LogP contribution in [0.5, 0.6) is 0 Å². The Bertz CT molecular complexity index is 591. The number of hydrogen-bond acceptors (Lipinski definition) is 3. The fourth-order valence-electron chi connectivity index (χ4n) is 4.28. The quantitative estimate of drug-likeness (QED) is 0.493. The Hall–Kier alpha value is -1.44. The van der Waals surface area contributed by atoms with E-state index in [1.807, 2.05) is 6.07 Å². The highest BCUT2D eigenvalue weighted by Crippen LogP contribution is 2.34. The lowest BCUT2D eigenvalue weighted by Crippen LogP contribution is -2.43. The molecule has 0 aliphatic rings. The Balaban J connectivity index is 3.22. The summed E-state index contributed by atoms with van der Waals surface area (Å²) < 4.78 is 14.8. The first-order valence-corrected chi connectivity index (χ1v) is 10.7. The van der Waals surface area contributed by atoms with Crippen molar-refractivity contribution in [2.75, 3.05) is 13.1 Å². The third kappa shape index (κ3) is 6.29. The molecule has 4 heteroatoms. The van der Waals surface area contributed by atoms with Gasteiger partial charge in [0, 0.05) is 42.8 Å². The molecule has 0 heterocycles. The molecule has 1 aromatic carbocycles. The van der Waals surface area contributed by atoms with Crippen molar-refractivity contribution in [2.24, 2.45) is 0 Å². The van der Waals surface area contributed by atoms with Gasteiger partial charge in [0.05, 0.1) is 11.5 Å². The normalized spacial score (nSPS) is 12.8. The maximum Gasteiger partial charge on any atom is 0.128 e. The summed E-state index contributed by atoms with van der Waals surface area (Å²) in [6.45, 7) is 19.0. The van der Waals surface area contributed by atoms with Crippen LogP contribution in [0.4, 0.5) is 4.39 Å². The van der Waals surface area contributed by atoms with E-state index < -0.39 is 5.41 Å². The number of nitrogens with zero attached hydrogens (tertiary/aromatic N) is 3. The molecule has 0 N–H and O–H groups in total. The first kappa shape index (κ1) is 24.6. The Morgan fingerprint density at radius 3 is 1.54 bits per heavy atom. The van der Waals surface area contributed by atoms with Crippen LogP contribution in [-0.2, 0) is 5.41 Å². The molecule has 0 unspecified atom stereocenters. The monoisotopic (exact) mass is 389 g/mol. The minimum absolute atomic E-state index is 0.273. The Kier molecular flexibility index (Phi) is 9.60. The first-order chi connectivity index (χ1) is 13.1. The second kappa shape index (κ2) is 10.9. The molecule has 0 saturated carbocycles. The number of nitriles is 1. The number of hydrogen-bond donors (Lipinski definition) is 0. The van der Waals surface area contributed by atoms with Gasteiger partial charge in [-0.3, -0.25) is 9.80 Å². The lowest BCUT2D eigenvalue weighted by atomic mass is 9.75. The Labute approximate surface area is 172 Å². The highest BCUT2D eigenvalue weighted by atomic mass is 19.1. The molecule has 158 valence electrons. The largest absolute Gasteiger partial charge is 0.298 e. The summed E-state index contributed by atoms with van der Waals surface area (Å²) in [4.78, 5) is 4.77. The third-order valence-corrected chi connectivity index (χ3v) is 5.85. The molecule has 0 aliphatic carbocycles. The standard InChI is InChI=1S/C24H40FN3/c1-18(2)27(19(3)4)15-13-24(17-26,22-11-9-10-12-23(22)25)14-16-28(20(5)6)21(7)8/h9-12,18-21H,13-16H2,1-8H3. The van der Waals surface area contributed by atoms with Crippen molar-refractivity contribution in [3.05, 3.63) is 35.6 Å². The molecule has 0 amide bonds. The van der Waals surface area contributed by atoms with E-state index in [1.165, 1.54) is 6.07 Å². The number of rotatable bonds is 11. The molecule has 0 aromatic heterocycles. The topological polar surface area (TPSA) is 30.3 Å². The van der Waals surface area contributed by atoms with Crippen LogP contribution < -0.4 is 0 Å². The summed E-state index contributed by atoms with van der Waals surface area (Å²) in [5.41, 5.74) is -0.285. The van der Waals surface area contributed by atoms with Gasteiger partial charge in [-0.15, -0.1) is 0 Å². The first-order valence-electron chi connectivity index (χ1n) is 10.7. The van der Waals surface area contributed by atoms with E-state index in [9.17, 15) is 9.65 Å². The Morgan fingerprint density at radius 1 is 0.821 bits per heavy atom. The van der Waals surface area contributed by atoms with Crippen LogP contribution in [0, 0.1) is 17.1 Å². The van der Waals surface area contributed by atoms with Crippen LogP contribution in [0.15, 0.2) is 24.3 Å². The average molecular weight is 390 g/mol.